The first kappa shape index (κ1) is 36.1. The maximum atomic E-state index is 6.93. The van der Waals surface area contributed by atoms with E-state index in [0.717, 1.165) is 46.1 Å². The van der Waals surface area contributed by atoms with Gasteiger partial charge >= 0.3 is 0 Å². The summed E-state index contributed by atoms with van der Waals surface area (Å²) in [5, 5.41) is 6.20. The summed E-state index contributed by atoms with van der Waals surface area (Å²) in [4.78, 5) is 10.7. The molecule has 2 aliphatic carbocycles. The van der Waals surface area contributed by atoms with Gasteiger partial charge in [0, 0.05) is 39.6 Å². The first-order valence-electron chi connectivity index (χ1n) is 21.5. The Kier molecular flexibility index (Phi) is 8.77. The highest BCUT2D eigenvalue weighted by Crippen LogP contribution is 2.48. The largest absolute Gasteiger partial charge is 0.485 e. The van der Waals surface area contributed by atoms with Crippen LogP contribution in [0.5, 0.6) is 5.75 Å². The van der Waals surface area contributed by atoms with Gasteiger partial charge < -0.3 is 14.6 Å². The summed E-state index contributed by atoms with van der Waals surface area (Å²) in [5.41, 5.74) is 14.0. The van der Waals surface area contributed by atoms with E-state index in [1.165, 1.54) is 55.3 Å². The fourth-order valence-corrected chi connectivity index (χ4v) is 9.76. The minimum absolute atomic E-state index is 0.0177. The average Bonchev–Trinajstić information content (AvgIpc) is 3.89. The van der Waals surface area contributed by atoms with E-state index in [9.17, 15) is 0 Å². The number of nitrogens with zero attached hydrogens (tertiary/aromatic N) is 3. The standard InChI is InChI=1S/C57H42N4O/c1-5-15-37(16-6-1)41-23-13-24-44(33-41)56-58-55(40-21-11-4-12-22-40)59-57(60-56)49-25-14-26-52-54(49)48-32-29-45(36-53(48)62-52)61-50-34-42(38-17-7-2-8-18-38)27-30-46(50)47-31-28-43(35-51(47)61)39-19-9-3-10-20-39/h1-32,34-36,44,52,54,57H,33H2,(H,58,59,60). The first-order chi connectivity index (χ1) is 30.7. The normalized spacial score (nSPS) is 20.1. The number of nitrogens with one attached hydrogen (secondary N) is 1. The van der Waals surface area contributed by atoms with Crippen molar-refractivity contribution < 1.29 is 4.74 Å². The highest BCUT2D eigenvalue weighted by atomic mass is 16.5. The summed E-state index contributed by atoms with van der Waals surface area (Å²) in [6.07, 6.45) is 13.5. The number of rotatable bonds is 7. The molecule has 3 heterocycles. The lowest BCUT2D eigenvalue weighted by molar-refractivity contribution is 0.261. The molecule has 1 N–H and O–H groups in total. The lowest BCUT2D eigenvalue weighted by Gasteiger charge is -2.32. The zero-order valence-electron chi connectivity index (χ0n) is 34.0. The number of ether oxygens (including phenoxy) is 1. The van der Waals surface area contributed by atoms with Crippen molar-refractivity contribution in [1.29, 1.82) is 0 Å². The number of allylic oxidation sites excluding steroid dienone is 5. The lowest BCUT2D eigenvalue weighted by Crippen LogP contribution is -2.43. The van der Waals surface area contributed by atoms with Gasteiger partial charge in [0.25, 0.3) is 0 Å². The topological polar surface area (TPSA) is 50.9 Å². The van der Waals surface area contributed by atoms with Gasteiger partial charge in [0.1, 0.15) is 29.7 Å². The Labute approximate surface area is 361 Å². The molecule has 12 rings (SSSR count). The third kappa shape index (κ3) is 6.33. The number of hydrogen-bond donors (Lipinski definition) is 1. The summed E-state index contributed by atoms with van der Waals surface area (Å²) in [6, 6.07) is 62.8. The Morgan fingerprint density at radius 3 is 1.79 bits per heavy atom. The van der Waals surface area contributed by atoms with Gasteiger partial charge in [-0.25, -0.2) is 9.98 Å². The lowest BCUT2D eigenvalue weighted by atomic mass is 9.82. The van der Waals surface area contributed by atoms with Crippen LogP contribution in [0.3, 0.4) is 0 Å². The van der Waals surface area contributed by atoms with E-state index in [2.05, 4.69) is 216 Å². The SMILES string of the molecule is C1=CC(C2=NC(C3=CC=CC4Oc5cc(-n6c7cc(-c8ccccc8)ccc7c7ccc(-c8ccccc8)cc76)ccc5C34)NC(c3ccccc3)=N2)CC(c2ccccc2)=C1. The fourth-order valence-electron chi connectivity index (χ4n) is 9.76. The summed E-state index contributed by atoms with van der Waals surface area (Å²) in [6.45, 7) is 0. The minimum atomic E-state index is -0.325. The molecule has 62 heavy (non-hydrogen) atoms. The summed E-state index contributed by atoms with van der Waals surface area (Å²) in [5.74, 6) is 2.59. The molecule has 0 saturated carbocycles. The molecule has 0 saturated heterocycles. The third-order valence-electron chi connectivity index (χ3n) is 12.8. The van der Waals surface area contributed by atoms with Gasteiger partial charge in [0.05, 0.1) is 17.0 Å². The van der Waals surface area contributed by atoms with Crippen LogP contribution in [0.2, 0.25) is 0 Å². The van der Waals surface area contributed by atoms with Crippen LogP contribution in [0, 0.1) is 5.92 Å². The van der Waals surface area contributed by atoms with Crippen molar-refractivity contribution in [3.05, 3.63) is 235 Å². The Morgan fingerprint density at radius 1 is 0.548 bits per heavy atom. The van der Waals surface area contributed by atoms with Crippen LogP contribution in [-0.4, -0.2) is 28.5 Å². The van der Waals surface area contributed by atoms with E-state index in [0.29, 0.717) is 0 Å². The monoisotopic (exact) mass is 798 g/mol. The molecular formula is C57H42N4O. The molecule has 4 unspecified atom stereocenters. The molecule has 4 atom stereocenters. The van der Waals surface area contributed by atoms with Gasteiger partial charge in [-0.05, 0) is 69.7 Å². The van der Waals surface area contributed by atoms with E-state index in [4.69, 9.17) is 14.7 Å². The number of aromatic nitrogens is 1. The predicted molar refractivity (Wildman–Crippen MR) is 255 cm³/mol. The van der Waals surface area contributed by atoms with Crippen LogP contribution in [-0.2, 0) is 0 Å². The number of benzene rings is 7. The molecule has 0 spiro atoms. The smallest absolute Gasteiger partial charge is 0.144 e. The Hall–Kier alpha value is -7.76. The second-order valence-electron chi connectivity index (χ2n) is 16.5. The Morgan fingerprint density at radius 2 is 1.15 bits per heavy atom. The first-order valence-corrected chi connectivity index (χ1v) is 21.5. The predicted octanol–water partition coefficient (Wildman–Crippen LogP) is 12.9. The zero-order valence-corrected chi connectivity index (χ0v) is 34.0. The van der Waals surface area contributed by atoms with Crippen LogP contribution < -0.4 is 10.1 Å². The van der Waals surface area contributed by atoms with Crippen molar-refractivity contribution in [2.45, 2.75) is 24.6 Å². The highest BCUT2D eigenvalue weighted by molar-refractivity contribution is 6.11. The molecule has 5 heteroatoms. The van der Waals surface area contributed by atoms with Crippen LogP contribution in [0.1, 0.15) is 29.0 Å². The molecule has 0 radical (unpaired) electrons. The molecule has 0 bridgehead atoms. The number of fused-ring (bicyclic) bond motifs is 6. The highest BCUT2D eigenvalue weighted by Gasteiger charge is 2.41. The molecule has 2 aliphatic heterocycles. The van der Waals surface area contributed by atoms with Crippen molar-refractivity contribution in [1.82, 2.24) is 9.88 Å². The van der Waals surface area contributed by atoms with E-state index >= 15 is 0 Å². The molecule has 0 amide bonds. The summed E-state index contributed by atoms with van der Waals surface area (Å²) < 4.78 is 9.35. The fraction of sp³-hybridized carbons (Fsp3) is 0.0877. The van der Waals surface area contributed by atoms with Crippen LogP contribution in [0.25, 0.3) is 55.3 Å². The molecular weight excluding hydrogens is 757 g/mol. The van der Waals surface area contributed by atoms with Gasteiger partial charge in [-0.2, -0.15) is 0 Å². The van der Waals surface area contributed by atoms with Gasteiger partial charge in [0.15, 0.2) is 0 Å². The van der Waals surface area contributed by atoms with Crippen LogP contribution >= 0.6 is 0 Å². The number of amidine groups is 2. The van der Waals surface area contributed by atoms with Crippen molar-refractivity contribution >= 4 is 39.1 Å². The van der Waals surface area contributed by atoms with E-state index in [-0.39, 0.29) is 24.1 Å². The van der Waals surface area contributed by atoms with E-state index < -0.39 is 0 Å². The molecule has 7 aromatic carbocycles. The van der Waals surface area contributed by atoms with E-state index in [1.54, 1.807) is 0 Å². The number of hydrogen-bond acceptors (Lipinski definition) is 4. The Bertz CT molecular complexity index is 3110. The number of aliphatic imine (C=N–C) groups is 2. The zero-order chi connectivity index (χ0) is 41.0. The minimum Gasteiger partial charge on any atom is -0.485 e. The summed E-state index contributed by atoms with van der Waals surface area (Å²) in [7, 11) is 0. The second kappa shape index (κ2) is 15.1. The van der Waals surface area contributed by atoms with Gasteiger partial charge in [0.2, 0.25) is 0 Å². The van der Waals surface area contributed by atoms with E-state index in [1.807, 2.05) is 6.07 Å². The summed E-state index contributed by atoms with van der Waals surface area (Å²) >= 11 is 0. The van der Waals surface area contributed by atoms with Gasteiger partial charge in [-0.15, -0.1) is 0 Å². The average molecular weight is 799 g/mol. The molecule has 8 aromatic rings. The Balaban J connectivity index is 0.942. The molecule has 4 aliphatic rings. The van der Waals surface area contributed by atoms with Crippen molar-refractivity contribution in [3.8, 4) is 33.7 Å². The second-order valence-corrected chi connectivity index (χ2v) is 16.5. The third-order valence-corrected chi connectivity index (χ3v) is 12.8. The van der Waals surface area contributed by atoms with Crippen molar-refractivity contribution in [3.63, 3.8) is 0 Å². The molecule has 0 fully saturated rings. The van der Waals surface area contributed by atoms with Gasteiger partial charge in [-0.3, -0.25) is 0 Å². The van der Waals surface area contributed by atoms with Crippen LogP contribution in [0.4, 0.5) is 0 Å². The van der Waals surface area contributed by atoms with Gasteiger partial charge in [-0.1, -0.05) is 182 Å². The van der Waals surface area contributed by atoms with Crippen molar-refractivity contribution in [2.75, 3.05) is 0 Å². The van der Waals surface area contributed by atoms with Crippen LogP contribution in [0.15, 0.2) is 228 Å². The maximum Gasteiger partial charge on any atom is 0.144 e. The molecule has 5 nitrogen and oxygen atoms in total. The molecule has 1 aromatic heterocycles. The van der Waals surface area contributed by atoms with Crippen molar-refractivity contribution in [2.24, 2.45) is 15.9 Å². The maximum absolute atomic E-state index is 6.93. The quantitative estimate of drug-likeness (QED) is 0.175. The molecule has 296 valence electrons.